The number of aromatic nitrogens is 2. The predicted octanol–water partition coefficient (Wildman–Crippen LogP) is 3.00. The van der Waals surface area contributed by atoms with Crippen LogP contribution in [0.1, 0.15) is 28.5 Å². The van der Waals surface area contributed by atoms with E-state index in [0.717, 1.165) is 15.1 Å². The van der Waals surface area contributed by atoms with Crippen LogP contribution in [0.15, 0.2) is 30.0 Å². The maximum Gasteiger partial charge on any atom is 0.264 e. The molecule has 3 aromatic rings. The fourth-order valence-corrected chi connectivity index (χ4v) is 3.77. The van der Waals surface area contributed by atoms with Crippen LogP contribution in [0.25, 0.3) is 10.1 Å². The van der Waals surface area contributed by atoms with Crippen LogP contribution in [0, 0.1) is 0 Å². The number of carbonyl (C=O) groups is 1. The summed E-state index contributed by atoms with van der Waals surface area (Å²) in [5.74, 6) is -0.186. The first kappa shape index (κ1) is 14.0. The highest BCUT2D eigenvalue weighted by molar-refractivity contribution is 7.21. The molecule has 0 fully saturated rings. The average molecular weight is 318 g/mol. The summed E-state index contributed by atoms with van der Waals surface area (Å²) in [7, 11) is 0. The Hall–Kier alpha value is -1.99. The Labute approximate surface area is 129 Å². The number of thiazole rings is 1. The van der Waals surface area contributed by atoms with E-state index in [1.54, 1.807) is 18.6 Å². The molecule has 0 aliphatic heterocycles. The summed E-state index contributed by atoms with van der Waals surface area (Å²) >= 11 is 2.87. The second kappa shape index (κ2) is 5.09. The van der Waals surface area contributed by atoms with Gasteiger partial charge in [-0.3, -0.25) is 9.78 Å². The van der Waals surface area contributed by atoms with E-state index in [9.17, 15) is 4.79 Å². The first-order valence-electron chi connectivity index (χ1n) is 6.33. The molecular formula is C14H14N4OS2. The van der Waals surface area contributed by atoms with E-state index in [0.29, 0.717) is 10.6 Å². The molecule has 3 heterocycles. The third kappa shape index (κ3) is 2.50. The number of hydrogen-bond acceptors (Lipinski definition) is 6. The molecule has 1 amide bonds. The molecule has 0 unspecified atom stereocenters. The second-order valence-corrected chi connectivity index (χ2v) is 7.08. The topological polar surface area (TPSA) is 80.9 Å². The summed E-state index contributed by atoms with van der Waals surface area (Å²) in [4.78, 5) is 21.4. The number of nitrogens with zero attached hydrogens (tertiary/aromatic N) is 2. The van der Waals surface area contributed by atoms with Gasteiger partial charge >= 0.3 is 0 Å². The summed E-state index contributed by atoms with van der Waals surface area (Å²) in [6, 6.07) is 1.82. The highest BCUT2D eigenvalue weighted by atomic mass is 32.1. The number of pyridine rings is 1. The molecule has 3 aromatic heterocycles. The molecular weight excluding hydrogens is 304 g/mol. The summed E-state index contributed by atoms with van der Waals surface area (Å²) in [6.07, 6.45) is 5.12. The zero-order valence-electron chi connectivity index (χ0n) is 11.6. The number of carbonyl (C=O) groups excluding carboxylic acids is 1. The molecule has 0 saturated carbocycles. The zero-order valence-corrected chi connectivity index (χ0v) is 13.2. The molecule has 0 radical (unpaired) electrons. The molecule has 0 spiro atoms. The number of amides is 1. The van der Waals surface area contributed by atoms with Crippen molar-refractivity contribution in [2.75, 3.05) is 5.73 Å². The second-order valence-electron chi connectivity index (χ2n) is 5.13. The molecule has 7 heteroatoms. The largest absolute Gasteiger partial charge is 0.397 e. The van der Waals surface area contributed by atoms with Crippen molar-refractivity contribution < 1.29 is 4.79 Å². The number of rotatable bonds is 3. The van der Waals surface area contributed by atoms with Crippen LogP contribution in [0.3, 0.4) is 0 Å². The minimum Gasteiger partial charge on any atom is -0.397 e. The number of thiophene rings is 1. The van der Waals surface area contributed by atoms with Gasteiger partial charge in [-0.1, -0.05) is 0 Å². The molecule has 108 valence electrons. The smallest absolute Gasteiger partial charge is 0.264 e. The maximum absolute atomic E-state index is 12.5. The molecule has 0 bridgehead atoms. The Morgan fingerprint density at radius 3 is 2.86 bits per heavy atom. The minimum absolute atomic E-state index is 0.186. The zero-order chi connectivity index (χ0) is 15.0. The highest BCUT2D eigenvalue weighted by Crippen LogP contribution is 2.33. The van der Waals surface area contributed by atoms with Crippen LogP contribution in [-0.2, 0) is 5.54 Å². The van der Waals surface area contributed by atoms with Crippen molar-refractivity contribution in [2.45, 2.75) is 19.4 Å². The lowest BCUT2D eigenvalue weighted by atomic mass is 10.1. The molecule has 3 N–H and O–H groups in total. The molecule has 5 nitrogen and oxygen atoms in total. The summed E-state index contributed by atoms with van der Waals surface area (Å²) < 4.78 is 0.909. The molecule has 21 heavy (non-hydrogen) atoms. The summed E-state index contributed by atoms with van der Waals surface area (Å²) in [5.41, 5.74) is 6.06. The first-order chi connectivity index (χ1) is 9.99. The van der Waals surface area contributed by atoms with Gasteiger partial charge in [0.15, 0.2) is 0 Å². The van der Waals surface area contributed by atoms with E-state index in [4.69, 9.17) is 5.73 Å². The van der Waals surface area contributed by atoms with Crippen molar-refractivity contribution in [3.63, 3.8) is 0 Å². The van der Waals surface area contributed by atoms with Crippen LogP contribution in [0.4, 0.5) is 5.69 Å². The van der Waals surface area contributed by atoms with Crippen molar-refractivity contribution in [1.29, 1.82) is 0 Å². The first-order valence-corrected chi connectivity index (χ1v) is 8.03. The lowest BCUT2D eigenvalue weighted by Crippen LogP contribution is -2.40. The monoisotopic (exact) mass is 318 g/mol. The van der Waals surface area contributed by atoms with Crippen LogP contribution >= 0.6 is 22.7 Å². The predicted molar refractivity (Wildman–Crippen MR) is 86.6 cm³/mol. The Morgan fingerprint density at radius 2 is 2.19 bits per heavy atom. The molecule has 0 atom stereocenters. The number of nitrogen functional groups attached to an aromatic ring is 1. The van der Waals surface area contributed by atoms with Gasteiger partial charge in [0.25, 0.3) is 5.91 Å². The summed E-state index contributed by atoms with van der Waals surface area (Å²) in [6.45, 7) is 3.85. The number of nitrogens with two attached hydrogens (primary N) is 1. The minimum atomic E-state index is -0.536. The fraction of sp³-hybridized carbons (Fsp3) is 0.214. The van der Waals surface area contributed by atoms with Crippen molar-refractivity contribution in [1.82, 2.24) is 15.3 Å². The van der Waals surface area contributed by atoms with Gasteiger partial charge in [-0.05, 0) is 19.9 Å². The number of anilines is 1. The van der Waals surface area contributed by atoms with Crippen molar-refractivity contribution in [2.24, 2.45) is 0 Å². The van der Waals surface area contributed by atoms with Crippen molar-refractivity contribution >= 4 is 44.4 Å². The van der Waals surface area contributed by atoms with E-state index in [1.807, 2.05) is 25.3 Å². The van der Waals surface area contributed by atoms with E-state index in [2.05, 4.69) is 15.3 Å². The van der Waals surface area contributed by atoms with Crippen LogP contribution < -0.4 is 11.1 Å². The van der Waals surface area contributed by atoms with Gasteiger partial charge in [0.05, 0.1) is 15.9 Å². The van der Waals surface area contributed by atoms with Gasteiger partial charge < -0.3 is 11.1 Å². The Bertz CT molecular complexity index is 793. The molecule has 0 aliphatic rings. The lowest BCUT2D eigenvalue weighted by molar-refractivity contribution is 0.0917. The maximum atomic E-state index is 12.5. The quantitative estimate of drug-likeness (QED) is 0.778. The molecule has 0 aliphatic carbocycles. The highest BCUT2D eigenvalue weighted by Gasteiger charge is 2.28. The van der Waals surface area contributed by atoms with Gasteiger partial charge in [-0.2, -0.15) is 0 Å². The van der Waals surface area contributed by atoms with Crippen LogP contribution in [-0.4, -0.2) is 15.9 Å². The Balaban J connectivity index is 1.93. The van der Waals surface area contributed by atoms with Gasteiger partial charge in [-0.15, -0.1) is 22.7 Å². The van der Waals surface area contributed by atoms with Gasteiger partial charge in [0, 0.05) is 29.4 Å². The number of nitrogens with one attached hydrogen (secondary N) is 1. The van der Waals surface area contributed by atoms with E-state index < -0.39 is 5.54 Å². The number of hydrogen-bond donors (Lipinski definition) is 2. The molecule has 0 aromatic carbocycles. The lowest BCUT2D eigenvalue weighted by Gasteiger charge is -2.23. The Kier molecular flexibility index (Phi) is 3.38. The standard InChI is InChI=1S/C14H14N4OS2/c1-14(2,13-17-5-6-20-13)18-12(19)11-10(15)8-3-4-16-7-9(8)21-11/h3-7H,15H2,1-2H3,(H,18,19). The SMILES string of the molecule is CC(C)(NC(=O)c1sc2cnccc2c1N)c1nccs1. The van der Waals surface area contributed by atoms with Gasteiger partial charge in [0.2, 0.25) is 0 Å². The van der Waals surface area contributed by atoms with E-state index in [-0.39, 0.29) is 5.91 Å². The van der Waals surface area contributed by atoms with Crippen LogP contribution in [0.5, 0.6) is 0 Å². The normalized spacial score (nSPS) is 11.7. The average Bonchev–Trinajstić information content (AvgIpc) is 3.07. The summed E-state index contributed by atoms with van der Waals surface area (Å²) in [5, 5.41) is 6.61. The van der Waals surface area contributed by atoms with Gasteiger partial charge in [0.1, 0.15) is 9.88 Å². The molecule has 0 saturated heterocycles. The van der Waals surface area contributed by atoms with E-state index >= 15 is 0 Å². The Morgan fingerprint density at radius 1 is 1.38 bits per heavy atom. The van der Waals surface area contributed by atoms with Crippen molar-refractivity contribution in [3.8, 4) is 0 Å². The van der Waals surface area contributed by atoms with Crippen LogP contribution in [0.2, 0.25) is 0 Å². The fourth-order valence-electron chi connectivity index (χ4n) is 2.07. The molecule has 3 rings (SSSR count). The third-order valence-corrected chi connectivity index (χ3v) is 5.38. The number of fused-ring (bicyclic) bond motifs is 1. The van der Waals surface area contributed by atoms with Gasteiger partial charge in [-0.25, -0.2) is 4.98 Å². The van der Waals surface area contributed by atoms with Crippen molar-refractivity contribution in [3.05, 3.63) is 39.9 Å². The van der Waals surface area contributed by atoms with E-state index in [1.165, 1.54) is 22.7 Å². The third-order valence-electron chi connectivity index (χ3n) is 3.13.